The monoisotopic (exact) mass is 389 g/mol. The van der Waals surface area contributed by atoms with Crippen LogP contribution < -0.4 is 10.1 Å². The molecule has 7 nitrogen and oxygen atoms in total. The minimum Gasteiger partial charge on any atom is -0.497 e. The number of rotatable bonds is 10. The van der Waals surface area contributed by atoms with Crippen LogP contribution in [0.1, 0.15) is 43.0 Å². The second-order valence-electron chi connectivity index (χ2n) is 6.92. The summed E-state index contributed by atoms with van der Waals surface area (Å²) in [5, 5.41) is 2.78. The molecule has 28 heavy (non-hydrogen) atoms. The molecule has 0 aromatic heterocycles. The molecule has 0 atom stereocenters. The van der Waals surface area contributed by atoms with Gasteiger partial charge in [0, 0.05) is 57.5 Å². The minimum absolute atomic E-state index is 0.0110. The van der Waals surface area contributed by atoms with Crippen LogP contribution in [-0.4, -0.2) is 73.8 Å². The summed E-state index contributed by atoms with van der Waals surface area (Å²) >= 11 is 0. The maximum Gasteiger partial charge on any atom is 0.224 e. The van der Waals surface area contributed by atoms with Crippen LogP contribution in [0.3, 0.4) is 0 Å². The number of Topliss-reactive ketones (excluding diaryl/α,β-unsaturated/α-hetero) is 1. The quantitative estimate of drug-likeness (QED) is 0.617. The number of ether oxygens (including phenoxy) is 1. The molecule has 1 aliphatic rings. The van der Waals surface area contributed by atoms with Gasteiger partial charge in [0.25, 0.3) is 0 Å². The molecule has 0 unspecified atom stereocenters. The van der Waals surface area contributed by atoms with Gasteiger partial charge in [0.2, 0.25) is 11.8 Å². The van der Waals surface area contributed by atoms with Gasteiger partial charge in [0.05, 0.1) is 7.11 Å². The molecular weight excluding hydrogens is 358 g/mol. The third-order valence-corrected chi connectivity index (χ3v) is 5.05. The average molecular weight is 389 g/mol. The van der Waals surface area contributed by atoms with Gasteiger partial charge in [-0.15, -0.1) is 0 Å². The molecule has 0 spiro atoms. The molecule has 1 aliphatic heterocycles. The highest BCUT2D eigenvalue weighted by molar-refractivity contribution is 5.96. The number of piperazine rings is 1. The van der Waals surface area contributed by atoms with Crippen molar-refractivity contribution < 1.29 is 19.1 Å². The summed E-state index contributed by atoms with van der Waals surface area (Å²) in [6, 6.07) is 6.96. The highest BCUT2D eigenvalue weighted by Gasteiger charge is 2.19. The molecule has 0 bridgehead atoms. The summed E-state index contributed by atoms with van der Waals surface area (Å²) in [6.07, 6.45) is 1.41. The van der Waals surface area contributed by atoms with E-state index in [0.717, 1.165) is 32.7 Å². The Labute approximate surface area is 167 Å². The van der Waals surface area contributed by atoms with E-state index in [-0.39, 0.29) is 24.0 Å². The molecule has 0 radical (unpaired) electrons. The van der Waals surface area contributed by atoms with Crippen molar-refractivity contribution >= 4 is 17.6 Å². The van der Waals surface area contributed by atoms with Crippen LogP contribution >= 0.6 is 0 Å². The van der Waals surface area contributed by atoms with Gasteiger partial charge in [-0.05, 0) is 37.2 Å². The average Bonchev–Trinajstić information content (AvgIpc) is 2.73. The summed E-state index contributed by atoms with van der Waals surface area (Å²) in [6.45, 7) is 6.82. The normalized spacial score (nSPS) is 14.6. The Hall–Kier alpha value is -2.41. The van der Waals surface area contributed by atoms with Crippen LogP contribution in [0.5, 0.6) is 5.75 Å². The Morgan fingerprint density at radius 3 is 2.29 bits per heavy atom. The number of hydrogen-bond acceptors (Lipinski definition) is 5. The number of likely N-dealkylation sites (N-methyl/N-ethyl adjacent to an activating group) is 1. The van der Waals surface area contributed by atoms with Crippen molar-refractivity contribution in [3.63, 3.8) is 0 Å². The van der Waals surface area contributed by atoms with Gasteiger partial charge in [0.1, 0.15) is 5.75 Å². The fraction of sp³-hybridized carbons (Fsp3) is 0.571. The molecule has 1 fully saturated rings. The van der Waals surface area contributed by atoms with Crippen LogP contribution in [0, 0.1) is 0 Å². The molecule has 0 saturated carbocycles. The lowest BCUT2D eigenvalue weighted by Crippen LogP contribution is -2.49. The van der Waals surface area contributed by atoms with E-state index in [1.54, 1.807) is 31.4 Å². The lowest BCUT2D eigenvalue weighted by Gasteiger charge is -2.34. The van der Waals surface area contributed by atoms with Crippen molar-refractivity contribution in [2.75, 3.05) is 46.4 Å². The van der Waals surface area contributed by atoms with Crippen LogP contribution in [0.2, 0.25) is 0 Å². The van der Waals surface area contributed by atoms with E-state index in [0.29, 0.717) is 37.1 Å². The molecule has 154 valence electrons. The Bertz CT molecular complexity index is 652. The lowest BCUT2D eigenvalue weighted by atomic mass is 10.1. The fourth-order valence-corrected chi connectivity index (χ4v) is 3.20. The zero-order chi connectivity index (χ0) is 20.4. The maximum atomic E-state index is 12.2. The van der Waals surface area contributed by atoms with Crippen LogP contribution in [0.4, 0.5) is 0 Å². The van der Waals surface area contributed by atoms with Gasteiger partial charge in [-0.1, -0.05) is 6.92 Å². The smallest absolute Gasteiger partial charge is 0.224 e. The Morgan fingerprint density at radius 2 is 1.68 bits per heavy atom. The first-order chi connectivity index (χ1) is 13.5. The first-order valence-corrected chi connectivity index (χ1v) is 9.97. The predicted molar refractivity (Wildman–Crippen MR) is 107 cm³/mol. The Morgan fingerprint density at radius 1 is 1.00 bits per heavy atom. The second-order valence-corrected chi connectivity index (χ2v) is 6.92. The molecule has 0 aliphatic carbocycles. The predicted octanol–water partition coefficient (Wildman–Crippen LogP) is 1.72. The molecule has 1 heterocycles. The van der Waals surface area contributed by atoms with E-state index in [9.17, 15) is 14.4 Å². The van der Waals surface area contributed by atoms with Gasteiger partial charge in [0.15, 0.2) is 5.78 Å². The molecular formula is C21H31N3O4. The van der Waals surface area contributed by atoms with Crippen LogP contribution in [0.15, 0.2) is 24.3 Å². The zero-order valence-electron chi connectivity index (χ0n) is 16.9. The molecule has 1 N–H and O–H groups in total. The summed E-state index contributed by atoms with van der Waals surface area (Å²) in [5.74, 6) is 0.687. The van der Waals surface area contributed by atoms with E-state index >= 15 is 0 Å². The lowest BCUT2D eigenvalue weighted by molar-refractivity contribution is -0.132. The van der Waals surface area contributed by atoms with Crippen molar-refractivity contribution in [3.05, 3.63) is 29.8 Å². The third kappa shape index (κ3) is 6.96. The first kappa shape index (κ1) is 21.9. The van der Waals surface area contributed by atoms with Crippen molar-refractivity contribution in [2.24, 2.45) is 0 Å². The fourth-order valence-electron chi connectivity index (χ4n) is 3.20. The maximum absolute atomic E-state index is 12.2. The molecule has 1 saturated heterocycles. The van der Waals surface area contributed by atoms with Crippen LogP contribution in [-0.2, 0) is 9.59 Å². The Balaban J connectivity index is 1.58. The summed E-state index contributed by atoms with van der Waals surface area (Å²) in [7, 11) is 1.58. The third-order valence-electron chi connectivity index (χ3n) is 5.05. The number of benzene rings is 1. The van der Waals surface area contributed by atoms with E-state index in [1.807, 2.05) is 4.90 Å². The van der Waals surface area contributed by atoms with E-state index in [2.05, 4.69) is 17.1 Å². The number of carbonyl (C=O) groups is 3. The summed E-state index contributed by atoms with van der Waals surface area (Å²) in [5.41, 5.74) is 0.620. The topological polar surface area (TPSA) is 79.0 Å². The number of nitrogens with one attached hydrogen (secondary N) is 1. The SMILES string of the molecule is CCN1CCN(C(=O)CCNC(=O)CCCC(=O)c2ccc(OC)cc2)CC1. The second kappa shape index (κ2) is 11.4. The minimum atomic E-state index is -0.119. The van der Waals surface area contributed by atoms with Crippen molar-refractivity contribution in [1.29, 1.82) is 0 Å². The van der Waals surface area contributed by atoms with Gasteiger partial charge in [-0.25, -0.2) is 0 Å². The number of amides is 2. The summed E-state index contributed by atoms with van der Waals surface area (Å²) in [4.78, 5) is 40.4. The number of hydrogen-bond donors (Lipinski definition) is 1. The first-order valence-electron chi connectivity index (χ1n) is 9.97. The molecule has 7 heteroatoms. The van der Waals surface area contributed by atoms with Crippen molar-refractivity contribution in [2.45, 2.75) is 32.6 Å². The highest BCUT2D eigenvalue weighted by atomic mass is 16.5. The number of ketones is 1. The van der Waals surface area contributed by atoms with E-state index in [4.69, 9.17) is 4.74 Å². The highest BCUT2D eigenvalue weighted by Crippen LogP contribution is 2.13. The molecule has 1 aromatic rings. The van der Waals surface area contributed by atoms with Gasteiger partial charge in [-0.2, -0.15) is 0 Å². The zero-order valence-corrected chi connectivity index (χ0v) is 16.9. The van der Waals surface area contributed by atoms with Crippen LogP contribution in [0.25, 0.3) is 0 Å². The Kier molecular flexibility index (Phi) is 8.94. The van der Waals surface area contributed by atoms with Crippen molar-refractivity contribution in [1.82, 2.24) is 15.1 Å². The number of nitrogens with zero attached hydrogens (tertiary/aromatic N) is 2. The number of carbonyl (C=O) groups excluding carboxylic acids is 3. The molecule has 2 rings (SSSR count). The number of methoxy groups -OCH3 is 1. The van der Waals surface area contributed by atoms with Gasteiger partial charge < -0.3 is 19.9 Å². The van der Waals surface area contributed by atoms with Crippen molar-refractivity contribution in [3.8, 4) is 5.75 Å². The van der Waals surface area contributed by atoms with Gasteiger partial charge in [-0.3, -0.25) is 14.4 Å². The summed E-state index contributed by atoms with van der Waals surface area (Å²) < 4.78 is 5.07. The molecule has 1 aromatic carbocycles. The standard InChI is InChI=1S/C21H31N3O4/c1-3-23-13-15-24(16-14-23)21(27)11-12-22-20(26)6-4-5-19(25)17-7-9-18(28-2)10-8-17/h7-10H,3-6,11-16H2,1-2H3,(H,22,26). The largest absolute Gasteiger partial charge is 0.497 e. The molecule has 2 amide bonds. The van der Waals surface area contributed by atoms with Gasteiger partial charge >= 0.3 is 0 Å². The van der Waals surface area contributed by atoms with E-state index < -0.39 is 0 Å². The van der Waals surface area contributed by atoms with E-state index in [1.165, 1.54) is 0 Å².